The minimum atomic E-state index is -3.82. The summed E-state index contributed by atoms with van der Waals surface area (Å²) in [5.74, 6) is 1.73. The van der Waals surface area contributed by atoms with Crippen LogP contribution in [0.5, 0.6) is 17.2 Å². The molecule has 1 aromatic carbocycles. The van der Waals surface area contributed by atoms with Crippen LogP contribution in [0.25, 0.3) is 0 Å². The number of carbonyl (C=O) groups is 1. The monoisotopic (exact) mass is 477 g/mol. The van der Waals surface area contributed by atoms with Gasteiger partial charge in [0.05, 0.1) is 25.7 Å². The van der Waals surface area contributed by atoms with E-state index in [-0.39, 0.29) is 23.8 Å². The normalized spacial score (nSPS) is 14.5. The molecule has 0 radical (unpaired) electrons. The summed E-state index contributed by atoms with van der Waals surface area (Å²) in [7, 11) is -0.925. The summed E-state index contributed by atoms with van der Waals surface area (Å²) >= 11 is 0. The number of rotatable bonds is 11. The van der Waals surface area contributed by atoms with Crippen LogP contribution < -0.4 is 24.2 Å². The summed E-state index contributed by atoms with van der Waals surface area (Å²) in [5, 5.41) is 2.71. The van der Waals surface area contributed by atoms with Crippen molar-refractivity contribution >= 4 is 21.7 Å². The number of anilines is 1. The van der Waals surface area contributed by atoms with Gasteiger partial charge in [-0.1, -0.05) is 19.3 Å². The average Bonchev–Trinajstić information content (AvgIpc) is 2.83. The molecular formula is C23H31N3O6S. The second-order valence-electron chi connectivity index (χ2n) is 7.88. The van der Waals surface area contributed by atoms with Gasteiger partial charge in [0, 0.05) is 25.2 Å². The van der Waals surface area contributed by atoms with Gasteiger partial charge in [0.1, 0.15) is 0 Å². The lowest BCUT2D eigenvalue weighted by Crippen LogP contribution is -2.28. The number of aromatic nitrogens is 1. The summed E-state index contributed by atoms with van der Waals surface area (Å²) in [6.07, 6.45) is 7.55. The molecule has 0 unspecified atom stereocenters. The number of nitrogens with one attached hydrogen (secondary N) is 2. The Bertz CT molecular complexity index is 1040. The third-order valence-corrected chi connectivity index (χ3v) is 7.00. The van der Waals surface area contributed by atoms with Crippen LogP contribution in [0.4, 0.5) is 5.82 Å². The maximum atomic E-state index is 12.6. The van der Waals surface area contributed by atoms with Gasteiger partial charge in [-0.2, -0.15) is 0 Å². The Morgan fingerprint density at radius 1 is 1.06 bits per heavy atom. The van der Waals surface area contributed by atoms with E-state index in [1.807, 2.05) is 0 Å². The highest BCUT2D eigenvalue weighted by Gasteiger charge is 2.18. The van der Waals surface area contributed by atoms with E-state index in [1.54, 1.807) is 18.3 Å². The fraction of sp³-hybridized carbons (Fsp3) is 0.478. The Hall–Kier alpha value is -2.85. The van der Waals surface area contributed by atoms with Crippen molar-refractivity contribution in [2.45, 2.75) is 43.4 Å². The van der Waals surface area contributed by atoms with Crippen LogP contribution in [0, 0.1) is 5.92 Å². The topological polar surface area (TPSA) is 116 Å². The quantitative estimate of drug-likeness (QED) is 0.510. The van der Waals surface area contributed by atoms with Crippen LogP contribution in [-0.4, -0.2) is 46.7 Å². The first kappa shape index (κ1) is 24.8. The number of methoxy groups -OCH3 is 2. The van der Waals surface area contributed by atoms with Crippen LogP contribution in [0.2, 0.25) is 0 Å². The number of pyridine rings is 1. The van der Waals surface area contributed by atoms with Crippen LogP contribution in [0.15, 0.2) is 41.4 Å². The number of sulfonamides is 1. The third-order valence-electron chi connectivity index (χ3n) is 5.54. The molecule has 33 heavy (non-hydrogen) atoms. The van der Waals surface area contributed by atoms with E-state index in [9.17, 15) is 13.2 Å². The van der Waals surface area contributed by atoms with Gasteiger partial charge in [-0.05, 0) is 43.0 Å². The Morgan fingerprint density at radius 2 is 1.82 bits per heavy atom. The lowest BCUT2D eigenvalue weighted by atomic mass is 9.90. The molecule has 1 saturated carbocycles. The zero-order valence-electron chi connectivity index (χ0n) is 19.0. The highest BCUT2D eigenvalue weighted by Crippen LogP contribution is 2.29. The molecule has 1 fully saturated rings. The van der Waals surface area contributed by atoms with Crippen molar-refractivity contribution < 1.29 is 27.4 Å². The number of amides is 1. The fourth-order valence-corrected chi connectivity index (χ4v) is 4.77. The summed E-state index contributed by atoms with van der Waals surface area (Å²) in [5.41, 5.74) is 0. The third kappa shape index (κ3) is 7.06. The van der Waals surface area contributed by atoms with E-state index in [0.717, 1.165) is 12.8 Å². The second kappa shape index (κ2) is 11.9. The van der Waals surface area contributed by atoms with Crippen LogP contribution in [0.1, 0.15) is 38.5 Å². The first-order valence-corrected chi connectivity index (χ1v) is 12.5. The van der Waals surface area contributed by atoms with Crippen molar-refractivity contribution in [1.82, 2.24) is 9.71 Å². The number of nitrogens with zero attached hydrogens (tertiary/aromatic N) is 1. The van der Waals surface area contributed by atoms with Crippen molar-refractivity contribution in [1.29, 1.82) is 0 Å². The molecule has 1 heterocycles. The number of carbonyl (C=O) groups excluding carboxylic acids is 1. The van der Waals surface area contributed by atoms with Gasteiger partial charge in [-0.25, -0.2) is 18.1 Å². The molecule has 1 amide bonds. The Balaban J connectivity index is 1.52. The molecule has 1 aromatic heterocycles. The van der Waals surface area contributed by atoms with Gasteiger partial charge in [0.15, 0.2) is 23.1 Å². The summed E-state index contributed by atoms with van der Waals surface area (Å²) in [6.45, 7) is 0.521. The van der Waals surface area contributed by atoms with E-state index in [4.69, 9.17) is 14.2 Å². The van der Waals surface area contributed by atoms with Crippen molar-refractivity contribution in [3.8, 4) is 17.2 Å². The highest BCUT2D eigenvalue weighted by atomic mass is 32.2. The van der Waals surface area contributed by atoms with Gasteiger partial charge in [-0.3, -0.25) is 4.79 Å². The molecule has 1 aliphatic rings. The highest BCUT2D eigenvalue weighted by molar-refractivity contribution is 7.89. The van der Waals surface area contributed by atoms with Crippen molar-refractivity contribution in [3.05, 3.63) is 36.5 Å². The Morgan fingerprint density at radius 3 is 2.55 bits per heavy atom. The lowest BCUT2D eigenvalue weighted by Gasteiger charge is -2.22. The molecule has 1 aliphatic carbocycles. The summed E-state index contributed by atoms with van der Waals surface area (Å²) in [6, 6.07) is 7.81. The lowest BCUT2D eigenvalue weighted by molar-refractivity contribution is -0.116. The van der Waals surface area contributed by atoms with E-state index >= 15 is 0 Å². The average molecular weight is 478 g/mol. The number of benzene rings is 1. The molecule has 0 saturated heterocycles. The predicted octanol–water partition coefficient (Wildman–Crippen LogP) is 3.37. The zero-order chi connectivity index (χ0) is 23.7. The van der Waals surface area contributed by atoms with E-state index in [1.165, 1.54) is 51.7 Å². The maximum Gasteiger partial charge on any atom is 0.240 e. The number of hydrogen-bond acceptors (Lipinski definition) is 7. The molecule has 0 atom stereocenters. The Kier molecular flexibility index (Phi) is 8.90. The summed E-state index contributed by atoms with van der Waals surface area (Å²) in [4.78, 5) is 16.6. The largest absolute Gasteiger partial charge is 0.493 e. The first-order valence-electron chi connectivity index (χ1n) is 11.0. The molecule has 0 aliphatic heterocycles. The first-order chi connectivity index (χ1) is 15.9. The van der Waals surface area contributed by atoms with Gasteiger partial charge in [0.25, 0.3) is 0 Å². The molecule has 2 N–H and O–H groups in total. The maximum absolute atomic E-state index is 12.6. The molecule has 2 aromatic rings. The number of hydrogen-bond donors (Lipinski definition) is 2. The Labute approximate surface area is 194 Å². The zero-order valence-corrected chi connectivity index (χ0v) is 19.8. The second-order valence-corrected chi connectivity index (χ2v) is 9.64. The smallest absolute Gasteiger partial charge is 0.240 e. The molecule has 3 rings (SSSR count). The standard InChI is InChI=1S/C23H31N3O6S/c1-30-19-11-10-18(15-21(19)31-2)33(28,29)25-14-12-22(27)26-23-20(9-6-13-24-23)32-16-17-7-4-3-5-8-17/h6,9-11,13,15,17,25H,3-5,7-8,12,14,16H2,1-2H3,(H,24,26,27). The van der Waals surface area contributed by atoms with Crippen molar-refractivity contribution in [2.24, 2.45) is 5.92 Å². The van der Waals surface area contributed by atoms with Crippen molar-refractivity contribution in [2.75, 3.05) is 32.7 Å². The van der Waals surface area contributed by atoms with Crippen LogP contribution in [-0.2, 0) is 14.8 Å². The van der Waals surface area contributed by atoms with Gasteiger partial charge in [-0.15, -0.1) is 0 Å². The van der Waals surface area contributed by atoms with E-state index in [0.29, 0.717) is 35.6 Å². The van der Waals surface area contributed by atoms with Gasteiger partial charge >= 0.3 is 0 Å². The van der Waals surface area contributed by atoms with Gasteiger partial charge < -0.3 is 19.5 Å². The molecule has 9 nitrogen and oxygen atoms in total. The SMILES string of the molecule is COc1ccc(S(=O)(=O)NCCC(=O)Nc2ncccc2OCC2CCCCC2)cc1OC. The van der Waals surface area contributed by atoms with Crippen LogP contribution in [0.3, 0.4) is 0 Å². The predicted molar refractivity (Wildman–Crippen MR) is 124 cm³/mol. The fourth-order valence-electron chi connectivity index (χ4n) is 3.72. The molecule has 180 valence electrons. The molecular weight excluding hydrogens is 446 g/mol. The molecule has 0 spiro atoms. The summed E-state index contributed by atoms with van der Waals surface area (Å²) < 4.78 is 43.7. The van der Waals surface area contributed by atoms with Crippen molar-refractivity contribution in [3.63, 3.8) is 0 Å². The molecule has 10 heteroatoms. The molecule has 0 bridgehead atoms. The van der Waals surface area contributed by atoms with Gasteiger partial charge in [0.2, 0.25) is 15.9 Å². The minimum absolute atomic E-state index is 0.0173. The van der Waals surface area contributed by atoms with Crippen LogP contribution >= 0.6 is 0 Å². The number of ether oxygens (including phenoxy) is 3. The van der Waals surface area contributed by atoms with E-state index in [2.05, 4.69) is 15.0 Å². The van der Waals surface area contributed by atoms with E-state index < -0.39 is 10.0 Å². The minimum Gasteiger partial charge on any atom is -0.493 e.